The smallest absolute Gasteiger partial charge is 0.136 e. The van der Waals surface area contributed by atoms with Gasteiger partial charge in [-0.15, -0.1) is 0 Å². The summed E-state index contributed by atoms with van der Waals surface area (Å²) in [6, 6.07) is 0. The van der Waals surface area contributed by atoms with Gasteiger partial charge < -0.3 is 0 Å². The molecule has 0 N–H and O–H groups in total. The lowest BCUT2D eigenvalue weighted by molar-refractivity contribution is -0.127. The zero-order chi connectivity index (χ0) is 8.28. The number of hydrogen-bond acceptors (Lipinski definition) is 1. The predicted molar refractivity (Wildman–Crippen MR) is 44.2 cm³/mol. The monoisotopic (exact) mass is 152 g/mol. The van der Waals surface area contributed by atoms with Crippen LogP contribution in [0.2, 0.25) is 0 Å². The van der Waals surface area contributed by atoms with E-state index in [1.807, 2.05) is 0 Å². The number of fused-ring (bicyclic) bond motifs is 1. The predicted octanol–water partition coefficient (Wildman–Crippen LogP) is 2.40. The van der Waals surface area contributed by atoms with Crippen LogP contribution < -0.4 is 0 Å². The Balaban J connectivity index is 2.28. The van der Waals surface area contributed by atoms with Gasteiger partial charge in [-0.05, 0) is 23.7 Å². The minimum absolute atomic E-state index is 0.321. The Kier molecular flexibility index (Phi) is 1.13. The lowest BCUT2D eigenvalue weighted by Crippen LogP contribution is -2.29. The summed E-state index contributed by atoms with van der Waals surface area (Å²) in [5, 5.41) is 0. The average Bonchev–Trinajstić information content (AvgIpc) is 2.50. The van der Waals surface area contributed by atoms with Gasteiger partial charge in [0.2, 0.25) is 0 Å². The van der Waals surface area contributed by atoms with Gasteiger partial charge in [0.1, 0.15) is 5.78 Å². The van der Waals surface area contributed by atoms with Crippen molar-refractivity contribution in [2.24, 2.45) is 16.7 Å². The molecule has 2 aliphatic rings. The topological polar surface area (TPSA) is 17.1 Å². The van der Waals surface area contributed by atoms with Crippen LogP contribution in [-0.4, -0.2) is 5.78 Å². The zero-order valence-corrected chi connectivity index (χ0v) is 7.61. The van der Waals surface area contributed by atoms with Crippen LogP contribution in [0.15, 0.2) is 0 Å². The molecule has 2 saturated carbocycles. The van der Waals surface area contributed by atoms with Crippen molar-refractivity contribution in [2.75, 3.05) is 0 Å². The molecule has 0 radical (unpaired) electrons. The van der Waals surface area contributed by atoms with E-state index in [1.165, 1.54) is 6.42 Å². The van der Waals surface area contributed by atoms with Gasteiger partial charge in [0.05, 0.1) is 0 Å². The van der Waals surface area contributed by atoms with E-state index in [9.17, 15) is 4.79 Å². The summed E-state index contributed by atoms with van der Waals surface area (Å²) in [6.45, 7) is 6.71. The van der Waals surface area contributed by atoms with Crippen LogP contribution in [0.3, 0.4) is 0 Å². The summed E-state index contributed by atoms with van der Waals surface area (Å²) in [7, 11) is 0. The SMILES string of the molecule is CC1C(=O)CCC2(C)CC12C. The number of rotatable bonds is 0. The fourth-order valence-electron chi connectivity index (χ4n) is 2.79. The summed E-state index contributed by atoms with van der Waals surface area (Å²) in [4.78, 5) is 11.4. The molecular weight excluding hydrogens is 136 g/mol. The quantitative estimate of drug-likeness (QED) is 0.521. The fourth-order valence-corrected chi connectivity index (χ4v) is 2.79. The van der Waals surface area contributed by atoms with E-state index < -0.39 is 0 Å². The van der Waals surface area contributed by atoms with Gasteiger partial charge in [-0.2, -0.15) is 0 Å². The molecule has 1 nitrogen and oxygen atoms in total. The standard InChI is InChI=1S/C10H16O/c1-7-8(11)4-5-9(2)6-10(7,9)3/h7H,4-6H2,1-3H3. The van der Waals surface area contributed by atoms with E-state index in [-0.39, 0.29) is 0 Å². The highest BCUT2D eigenvalue weighted by molar-refractivity contribution is 5.83. The van der Waals surface area contributed by atoms with Crippen LogP contribution in [0.5, 0.6) is 0 Å². The molecule has 0 aliphatic heterocycles. The van der Waals surface area contributed by atoms with Crippen molar-refractivity contribution in [3.05, 3.63) is 0 Å². The summed E-state index contributed by atoms with van der Waals surface area (Å²) in [5.74, 6) is 0.809. The molecule has 0 heterocycles. The molecule has 0 saturated heterocycles. The van der Waals surface area contributed by atoms with Crippen molar-refractivity contribution < 1.29 is 4.79 Å². The van der Waals surface area contributed by atoms with E-state index in [0.717, 1.165) is 12.8 Å². The minimum Gasteiger partial charge on any atom is -0.299 e. The van der Waals surface area contributed by atoms with Crippen LogP contribution in [0.1, 0.15) is 40.0 Å². The molecule has 0 bridgehead atoms. The maximum atomic E-state index is 11.4. The third-order valence-corrected chi connectivity index (χ3v) is 4.37. The first-order chi connectivity index (χ1) is 5.00. The highest BCUT2D eigenvalue weighted by Gasteiger charge is 2.66. The Morgan fingerprint density at radius 3 is 2.64 bits per heavy atom. The maximum absolute atomic E-state index is 11.4. The first-order valence-electron chi connectivity index (χ1n) is 4.52. The summed E-state index contributed by atoms with van der Waals surface area (Å²) < 4.78 is 0. The summed E-state index contributed by atoms with van der Waals surface area (Å²) in [6.07, 6.45) is 3.23. The molecule has 2 rings (SSSR count). The van der Waals surface area contributed by atoms with Crippen molar-refractivity contribution in [3.63, 3.8) is 0 Å². The van der Waals surface area contributed by atoms with Gasteiger partial charge in [-0.3, -0.25) is 4.79 Å². The van der Waals surface area contributed by atoms with Crippen molar-refractivity contribution in [3.8, 4) is 0 Å². The normalized spacial score (nSPS) is 55.5. The van der Waals surface area contributed by atoms with Crippen molar-refractivity contribution >= 4 is 5.78 Å². The molecule has 0 aromatic rings. The van der Waals surface area contributed by atoms with Crippen LogP contribution in [0.25, 0.3) is 0 Å². The largest absolute Gasteiger partial charge is 0.299 e. The molecule has 0 amide bonds. The summed E-state index contributed by atoms with van der Waals surface area (Å²) in [5.41, 5.74) is 0.878. The molecule has 2 fully saturated rings. The molecule has 0 spiro atoms. The second kappa shape index (κ2) is 1.70. The Hall–Kier alpha value is -0.330. The molecule has 2 aliphatic carbocycles. The Bertz CT molecular complexity index is 221. The molecule has 3 atom stereocenters. The van der Waals surface area contributed by atoms with E-state index >= 15 is 0 Å². The third kappa shape index (κ3) is 0.692. The van der Waals surface area contributed by atoms with Crippen LogP contribution in [-0.2, 0) is 4.79 Å². The van der Waals surface area contributed by atoms with Gasteiger partial charge in [-0.1, -0.05) is 20.8 Å². The Labute approximate surface area is 68.2 Å². The van der Waals surface area contributed by atoms with E-state index in [4.69, 9.17) is 0 Å². The third-order valence-electron chi connectivity index (χ3n) is 4.37. The minimum atomic E-state index is 0.321. The molecule has 0 aromatic heterocycles. The fraction of sp³-hybridized carbons (Fsp3) is 0.900. The summed E-state index contributed by atoms with van der Waals surface area (Å²) >= 11 is 0. The molecule has 0 aromatic carbocycles. The van der Waals surface area contributed by atoms with Crippen LogP contribution in [0.4, 0.5) is 0 Å². The highest BCUT2D eigenvalue weighted by atomic mass is 16.1. The highest BCUT2D eigenvalue weighted by Crippen LogP contribution is 2.72. The van der Waals surface area contributed by atoms with Crippen molar-refractivity contribution in [1.29, 1.82) is 0 Å². The van der Waals surface area contributed by atoms with Gasteiger partial charge in [0, 0.05) is 12.3 Å². The zero-order valence-electron chi connectivity index (χ0n) is 7.61. The maximum Gasteiger partial charge on any atom is 0.136 e. The number of Topliss-reactive ketones (excluding diaryl/α,β-unsaturated/α-hetero) is 1. The molecular formula is C10H16O. The number of hydrogen-bond donors (Lipinski definition) is 0. The average molecular weight is 152 g/mol. The second-order valence-corrected chi connectivity index (χ2v) is 4.84. The lowest BCUT2D eigenvalue weighted by atomic mass is 9.74. The molecule has 1 heteroatoms. The lowest BCUT2D eigenvalue weighted by Gasteiger charge is -2.29. The number of ketones is 1. The number of carbonyl (C=O) groups excluding carboxylic acids is 1. The van der Waals surface area contributed by atoms with Gasteiger partial charge in [-0.25, -0.2) is 0 Å². The van der Waals surface area contributed by atoms with Gasteiger partial charge in [0.25, 0.3) is 0 Å². The van der Waals surface area contributed by atoms with Crippen molar-refractivity contribution in [1.82, 2.24) is 0 Å². The second-order valence-electron chi connectivity index (χ2n) is 4.84. The Morgan fingerprint density at radius 1 is 1.45 bits per heavy atom. The molecule has 11 heavy (non-hydrogen) atoms. The Morgan fingerprint density at radius 2 is 2.09 bits per heavy atom. The molecule has 3 unspecified atom stereocenters. The first kappa shape index (κ1) is 7.33. The molecule has 62 valence electrons. The number of carbonyl (C=O) groups is 1. The van der Waals surface area contributed by atoms with E-state index in [0.29, 0.717) is 22.5 Å². The van der Waals surface area contributed by atoms with Gasteiger partial charge >= 0.3 is 0 Å². The van der Waals surface area contributed by atoms with E-state index in [2.05, 4.69) is 20.8 Å². The first-order valence-corrected chi connectivity index (χ1v) is 4.52. The van der Waals surface area contributed by atoms with Crippen LogP contribution >= 0.6 is 0 Å². The van der Waals surface area contributed by atoms with E-state index in [1.54, 1.807) is 0 Å². The van der Waals surface area contributed by atoms with Gasteiger partial charge in [0.15, 0.2) is 0 Å². The van der Waals surface area contributed by atoms with Crippen LogP contribution in [0, 0.1) is 16.7 Å². The van der Waals surface area contributed by atoms with Crippen molar-refractivity contribution in [2.45, 2.75) is 40.0 Å².